The molecule has 3 aromatic rings. The van der Waals surface area contributed by atoms with Gasteiger partial charge < -0.3 is 19.7 Å². The third kappa shape index (κ3) is 7.67. The van der Waals surface area contributed by atoms with Crippen molar-refractivity contribution >= 4 is 50.7 Å². The van der Waals surface area contributed by atoms with E-state index < -0.39 is 34.4 Å². The molecule has 0 radical (unpaired) electrons. The van der Waals surface area contributed by atoms with E-state index in [0.29, 0.717) is 34.3 Å². The molecular weight excluding hydrogens is 601 g/mol. The van der Waals surface area contributed by atoms with E-state index in [1.807, 2.05) is 13.8 Å². The first kappa shape index (κ1) is 33.0. The molecule has 1 N–H and O–H groups in total. The molecule has 0 aliphatic carbocycles. The number of carbonyl (C=O) groups is 2. The van der Waals surface area contributed by atoms with Gasteiger partial charge in [-0.1, -0.05) is 53.9 Å². The van der Waals surface area contributed by atoms with Gasteiger partial charge in [-0.05, 0) is 56.7 Å². The minimum absolute atomic E-state index is 0.0276. The molecule has 0 aromatic heterocycles. The summed E-state index contributed by atoms with van der Waals surface area (Å²) in [5, 5.41) is 3.41. The summed E-state index contributed by atoms with van der Waals surface area (Å²) in [5.74, 6) is -0.505. The summed E-state index contributed by atoms with van der Waals surface area (Å²) in [7, 11) is -1.46. The molecule has 42 heavy (non-hydrogen) atoms. The van der Waals surface area contributed by atoms with Crippen molar-refractivity contribution in [3.8, 4) is 11.5 Å². The van der Waals surface area contributed by atoms with Crippen molar-refractivity contribution in [2.24, 2.45) is 0 Å². The molecule has 0 spiro atoms. The number of rotatable bonds is 13. The van der Waals surface area contributed by atoms with E-state index in [1.165, 1.54) is 37.3 Å². The Morgan fingerprint density at radius 2 is 1.62 bits per heavy atom. The number of nitrogens with zero attached hydrogens (tertiary/aromatic N) is 2. The fourth-order valence-electron chi connectivity index (χ4n) is 4.17. The fourth-order valence-corrected chi connectivity index (χ4v) is 6.11. The Bertz CT molecular complexity index is 1500. The standard InChI is InChI=1S/C30H35Cl2N3O6S/c1-6-16-33-30(37)21(3)34(18-24-25(31)8-7-9-26(24)32)29(36)19-35(27-17-22(40-4)12-15-28(27)41-5)42(38,39)23-13-10-20(2)11-14-23/h7-15,17,21H,6,16,18-19H2,1-5H3,(H,33,37). The van der Waals surface area contributed by atoms with Crippen molar-refractivity contribution in [2.45, 2.75) is 44.7 Å². The second kappa shape index (κ2) is 14.6. The number of nitrogens with one attached hydrogen (secondary N) is 1. The van der Waals surface area contributed by atoms with Crippen LogP contribution in [0, 0.1) is 6.92 Å². The maximum atomic E-state index is 14.1. The summed E-state index contributed by atoms with van der Waals surface area (Å²) in [6.45, 7) is 4.93. The second-order valence-electron chi connectivity index (χ2n) is 9.55. The van der Waals surface area contributed by atoms with Crippen molar-refractivity contribution in [1.82, 2.24) is 10.2 Å². The first-order chi connectivity index (χ1) is 19.9. The van der Waals surface area contributed by atoms with E-state index in [2.05, 4.69) is 5.32 Å². The maximum absolute atomic E-state index is 14.1. The van der Waals surface area contributed by atoms with Crippen LogP contribution in [0.1, 0.15) is 31.4 Å². The Morgan fingerprint density at radius 1 is 0.976 bits per heavy atom. The van der Waals surface area contributed by atoms with Crippen LogP contribution in [0.25, 0.3) is 0 Å². The first-order valence-electron chi connectivity index (χ1n) is 13.3. The second-order valence-corrected chi connectivity index (χ2v) is 12.2. The lowest BCUT2D eigenvalue weighted by molar-refractivity contribution is -0.139. The van der Waals surface area contributed by atoms with E-state index in [0.717, 1.165) is 9.87 Å². The summed E-state index contributed by atoms with van der Waals surface area (Å²) >= 11 is 12.9. The van der Waals surface area contributed by atoms with Gasteiger partial charge in [-0.2, -0.15) is 0 Å². The lowest BCUT2D eigenvalue weighted by Crippen LogP contribution is -2.51. The zero-order valence-electron chi connectivity index (χ0n) is 24.2. The van der Waals surface area contributed by atoms with Gasteiger partial charge in [0, 0.05) is 34.8 Å². The molecule has 2 amide bonds. The minimum Gasteiger partial charge on any atom is -0.497 e. The zero-order chi connectivity index (χ0) is 31.0. The molecule has 226 valence electrons. The Morgan fingerprint density at radius 3 is 2.19 bits per heavy atom. The molecule has 1 atom stereocenters. The van der Waals surface area contributed by atoms with Crippen LogP contribution in [-0.2, 0) is 26.2 Å². The van der Waals surface area contributed by atoms with Crippen molar-refractivity contribution < 1.29 is 27.5 Å². The summed E-state index contributed by atoms with van der Waals surface area (Å²) in [4.78, 5) is 28.4. The largest absolute Gasteiger partial charge is 0.497 e. The molecular formula is C30H35Cl2N3O6S. The van der Waals surface area contributed by atoms with Gasteiger partial charge in [-0.25, -0.2) is 8.42 Å². The third-order valence-electron chi connectivity index (χ3n) is 6.65. The third-order valence-corrected chi connectivity index (χ3v) is 9.13. The predicted octanol–water partition coefficient (Wildman–Crippen LogP) is 5.46. The molecule has 3 aromatic carbocycles. The molecule has 1 unspecified atom stereocenters. The van der Waals surface area contributed by atoms with Gasteiger partial charge in [0.1, 0.15) is 24.1 Å². The molecule has 12 heteroatoms. The van der Waals surface area contributed by atoms with Crippen molar-refractivity contribution in [1.29, 1.82) is 0 Å². The van der Waals surface area contributed by atoms with Gasteiger partial charge in [-0.15, -0.1) is 0 Å². The molecule has 3 rings (SSSR count). The first-order valence-corrected chi connectivity index (χ1v) is 15.5. The summed E-state index contributed by atoms with van der Waals surface area (Å²) < 4.78 is 40.0. The fraction of sp³-hybridized carbons (Fsp3) is 0.333. The lowest BCUT2D eigenvalue weighted by Gasteiger charge is -2.32. The highest BCUT2D eigenvalue weighted by atomic mass is 35.5. The van der Waals surface area contributed by atoms with Crippen LogP contribution >= 0.6 is 23.2 Å². The molecule has 0 aliphatic rings. The van der Waals surface area contributed by atoms with E-state index in [4.69, 9.17) is 32.7 Å². The maximum Gasteiger partial charge on any atom is 0.264 e. The number of benzene rings is 3. The molecule has 0 saturated heterocycles. The Hall–Kier alpha value is -3.47. The van der Waals surface area contributed by atoms with Crippen LogP contribution in [0.3, 0.4) is 0 Å². The van der Waals surface area contributed by atoms with E-state index in [9.17, 15) is 18.0 Å². The molecule has 0 bridgehead atoms. The van der Waals surface area contributed by atoms with Crippen molar-refractivity contribution in [3.05, 3.63) is 81.8 Å². The molecule has 9 nitrogen and oxygen atoms in total. The minimum atomic E-state index is -4.31. The molecule has 0 fully saturated rings. The van der Waals surface area contributed by atoms with Gasteiger partial charge in [-0.3, -0.25) is 13.9 Å². The van der Waals surface area contributed by atoms with Crippen LogP contribution in [0.15, 0.2) is 65.6 Å². The number of sulfonamides is 1. The monoisotopic (exact) mass is 635 g/mol. The highest BCUT2D eigenvalue weighted by Gasteiger charge is 2.34. The number of methoxy groups -OCH3 is 2. The van der Waals surface area contributed by atoms with E-state index in [-0.39, 0.29) is 22.9 Å². The predicted molar refractivity (Wildman–Crippen MR) is 165 cm³/mol. The van der Waals surface area contributed by atoms with Gasteiger partial charge in [0.05, 0.1) is 24.8 Å². The number of amides is 2. The number of hydrogen-bond acceptors (Lipinski definition) is 6. The lowest BCUT2D eigenvalue weighted by atomic mass is 10.1. The Kier molecular flexibility index (Phi) is 11.5. The Labute approximate surface area is 257 Å². The number of aryl methyl sites for hydroxylation is 1. The molecule has 0 aliphatic heterocycles. The van der Waals surface area contributed by atoms with Gasteiger partial charge >= 0.3 is 0 Å². The smallest absolute Gasteiger partial charge is 0.264 e. The van der Waals surface area contributed by atoms with Gasteiger partial charge in [0.25, 0.3) is 10.0 Å². The number of hydrogen-bond donors (Lipinski definition) is 1. The summed E-state index contributed by atoms with van der Waals surface area (Å²) in [6.07, 6.45) is 0.695. The Balaban J connectivity index is 2.15. The number of carbonyl (C=O) groups excluding carboxylic acids is 2. The number of ether oxygens (including phenoxy) is 2. The highest BCUT2D eigenvalue weighted by molar-refractivity contribution is 7.92. The summed E-state index contributed by atoms with van der Waals surface area (Å²) in [6, 6.07) is 14.9. The SMILES string of the molecule is CCCNC(=O)C(C)N(Cc1c(Cl)cccc1Cl)C(=O)CN(c1cc(OC)ccc1OC)S(=O)(=O)c1ccc(C)cc1. The van der Waals surface area contributed by atoms with Gasteiger partial charge in [0.15, 0.2) is 0 Å². The van der Waals surface area contributed by atoms with Crippen molar-refractivity contribution in [3.63, 3.8) is 0 Å². The van der Waals surface area contributed by atoms with E-state index in [1.54, 1.807) is 49.4 Å². The average Bonchev–Trinajstić information content (AvgIpc) is 2.97. The highest BCUT2D eigenvalue weighted by Crippen LogP contribution is 2.36. The van der Waals surface area contributed by atoms with Crippen LogP contribution < -0.4 is 19.1 Å². The van der Waals surface area contributed by atoms with Crippen LogP contribution in [0.5, 0.6) is 11.5 Å². The van der Waals surface area contributed by atoms with Crippen LogP contribution in [0.2, 0.25) is 10.0 Å². The average molecular weight is 637 g/mol. The number of halogens is 2. The van der Waals surface area contributed by atoms with Crippen LogP contribution in [0.4, 0.5) is 5.69 Å². The van der Waals surface area contributed by atoms with E-state index >= 15 is 0 Å². The van der Waals surface area contributed by atoms with Crippen LogP contribution in [-0.4, -0.2) is 58.5 Å². The normalized spacial score (nSPS) is 11.9. The van der Waals surface area contributed by atoms with Gasteiger partial charge in [0.2, 0.25) is 11.8 Å². The number of anilines is 1. The zero-order valence-corrected chi connectivity index (χ0v) is 26.5. The molecule has 0 heterocycles. The summed E-state index contributed by atoms with van der Waals surface area (Å²) in [5.41, 5.74) is 1.38. The molecule has 0 saturated carbocycles. The topological polar surface area (TPSA) is 105 Å². The quantitative estimate of drug-likeness (QED) is 0.267. The van der Waals surface area contributed by atoms with Crippen molar-refractivity contribution in [2.75, 3.05) is 31.6 Å².